The average Bonchev–Trinajstić information content (AvgIpc) is 1.81. The van der Waals surface area contributed by atoms with E-state index in [4.69, 9.17) is 4.55 Å². The molecule has 0 saturated carbocycles. The van der Waals surface area contributed by atoms with Gasteiger partial charge in [0.15, 0.2) is 0 Å². The molecule has 0 bridgehead atoms. The summed E-state index contributed by atoms with van der Waals surface area (Å²) in [4.78, 5) is 0. The van der Waals surface area contributed by atoms with E-state index in [9.17, 15) is 8.42 Å². The maximum Gasteiger partial charge on any atom is 0.397 e. The van der Waals surface area contributed by atoms with Crippen LogP contribution in [0.15, 0.2) is 12.7 Å². The molecule has 0 radical (unpaired) electrons. The molecule has 0 spiro atoms. The highest BCUT2D eigenvalue weighted by Crippen LogP contribution is 1.98. The molecule has 0 aliphatic heterocycles. The molecule has 0 amide bonds. The van der Waals surface area contributed by atoms with Crippen molar-refractivity contribution in [2.24, 2.45) is 5.92 Å². The first-order chi connectivity index (χ1) is 4.45. The van der Waals surface area contributed by atoms with Gasteiger partial charge in [-0.15, -0.1) is 6.58 Å². The Morgan fingerprint density at radius 3 is 2.60 bits per heavy atom. The highest BCUT2D eigenvalue weighted by atomic mass is 32.3. The quantitative estimate of drug-likeness (QED) is 0.491. The summed E-state index contributed by atoms with van der Waals surface area (Å²) in [5, 5.41) is 0. The smallest absolute Gasteiger partial charge is 0.264 e. The summed E-state index contributed by atoms with van der Waals surface area (Å²) in [6, 6.07) is 0. The first-order valence-corrected chi connectivity index (χ1v) is 4.06. The Kier molecular flexibility index (Phi) is 3.55. The normalized spacial score (nSPS) is 14.6. The molecule has 0 rings (SSSR count). The largest absolute Gasteiger partial charge is 0.397 e. The Morgan fingerprint density at radius 2 is 2.30 bits per heavy atom. The fraction of sp³-hybridized carbons (Fsp3) is 0.600. The van der Waals surface area contributed by atoms with Gasteiger partial charge in [-0.05, 0) is 5.92 Å². The number of hydrogen-bond acceptors (Lipinski definition) is 3. The molecule has 1 atom stereocenters. The monoisotopic (exact) mass is 166 g/mol. The Bertz CT molecular complexity index is 194. The molecule has 1 N–H and O–H groups in total. The van der Waals surface area contributed by atoms with Gasteiger partial charge in [0.25, 0.3) is 0 Å². The lowest BCUT2D eigenvalue weighted by molar-refractivity contribution is 0.247. The minimum Gasteiger partial charge on any atom is -0.264 e. The molecule has 0 aromatic rings. The molecule has 0 aliphatic rings. The summed E-state index contributed by atoms with van der Waals surface area (Å²) in [7, 11) is -4.28. The van der Waals surface area contributed by atoms with Gasteiger partial charge in [-0.1, -0.05) is 13.0 Å². The van der Waals surface area contributed by atoms with Crippen LogP contribution in [0.5, 0.6) is 0 Å². The predicted molar refractivity (Wildman–Crippen MR) is 36.9 cm³/mol. The van der Waals surface area contributed by atoms with Gasteiger partial charge >= 0.3 is 10.4 Å². The molecule has 4 nitrogen and oxygen atoms in total. The zero-order valence-corrected chi connectivity index (χ0v) is 6.47. The van der Waals surface area contributed by atoms with E-state index in [1.807, 2.05) is 0 Å². The van der Waals surface area contributed by atoms with Crippen molar-refractivity contribution in [3.63, 3.8) is 0 Å². The van der Waals surface area contributed by atoms with Crippen molar-refractivity contribution in [3.8, 4) is 0 Å². The summed E-state index contributed by atoms with van der Waals surface area (Å²) in [5.41, 5.74) is 0. The lowest BCUT2D eigenvalue weighted by Crippen LogP contribution is -2.09. The first-order valence-electron chi connectivity index (χ1n) is 2.70. The van der Waals surface area contributed by atoms with Gasteiger partial charge in [0.05, 0.1) is 6.61 Å². The lowest BCUT2D eigenvalue weighted by atomic mass is 10.2. The SMILES string of the molecule is C=CC(C)COS(=O)(=O)O. The van der Waals surface area contributed by atoms with Crippen molar-refractivity contribution in [2.75, 3.05) is 6.61 Å². The van der Waals surface area contributed by atoms with Crippen molar-refractivity contribution in [1.29, 1.82) is 0 Å². The van der Waals surface area contributed by atoms with E-state index in [1.165, 1.54) is 6.08 Å². The third-order valence-electron chi connectivity index (χ3n) is 0.882. The summed E-state index contributed by atoms with van der Waals surface area (Å²) in [6.07, 6.45) is 1.53. The van der Waals surface area contributed by atoms with E-state index < -0.39 is 10.4 Å². The van der Waals surface area contributed by atoms with Crippen LogP contribution in [0.3, 0.4) is 0 Å². The fourth-order valence-corrected chi connectivity index (χ4v) is 0.648. The summed E-state index contributed by atoms with van der Waals surface area (Å²) in [6.45, 7) is 5.06. The second kappa shape index (κ2) is 3.70. The van der Waals surface area contributed by atoms with Gasteiger partial charge < -0.3 is 0 Å². The van der Waals surface area contributed by atoms with Crippen LogP contribution in [-0.2, 0) is 14.6 Å². The van der Waals surface area contributed by atoms with E-state index in [0.717, 1.165) is 0 Å². The van der Waals surface area contributed by atoms with Gasteiger partial charge in [-0.2, -0.15) is 8.42 Å². The zero-order chi connectivity index (χ0) is 8.20. The minimum absolute atomic E-state index is 0.0671. The van der Waals surface area contributed by atoms with Crippen molar-refractivity contribution < 1.29 is 17.2 Å². The van der Waals surface area contributed by atoms with Crippen LogP contribution >= 0.6 is 0 Å². The minimum atomic E-state index is -4.28. The molecule has 1 unspecified atom stereocenters. The molecular weight excluding hydrogens is 156 g/mol. The van der Waals surface area contributed by atoms with Gasteiger partial charge in [0, 0.05) is 0 Å². The standard InChI is InChI=1S/C5H10O4S/c1-3-5(2)4-9-10(6,7)8/h3,5H,1,4H2,2H3,(H,6,7,8). The highest BCUT2D eigenvalue weighted by Gasteiger charge is 2.05. The first kappa shape index (κ1) is 9.61. The fourth-order valence-electron chi connectivity index (χ4n) is 0.261. The van der Waals surface area contributed by atoms with Crippen LogP contribution in [0.1, 0.15) is 6.92 Å². The van der Waals surface area contributed by atoms with E-state index in [2.05, 4.69) is 10.8 Å². The molecular formula is C5H10O4S. The van der Waals surface area contributed by atoms with Gasteiger partial charge in [0.2, 0.25) is 0 Å². The van der Waals surface area contributed by atoms with E-state index in [0.29, 0.717) is 0 Å². The Hall–Kier alpha value is -0.390. The van der Waals surface area contributed by atoms with Gasteiger partial charge in [-0.25, -0.2) is 4.18 Å². The Balaban J connectivity index is 3.66. The maximum absolute atomic E-state index is 9.95. The van der Waals surface area contributed by atoms with Crippen LogP contribution in [-0.4, -0.2) is 19.6 Å². The lowest BCUT2D eigenvalue weighted by Gasteiger charge is -2.02. The van der Waals surface area contributed by atoms with E-state index in [1.54, 1.807) is 6.92 Å². The third kappa shape index (κ3) is 5.74. The topological polar surface area (TPSA) is 63.6 Å². The number of rotatable bonds is 4. The molecule has 0 aliphatic carbocycles. The van der Waals surface area contributed by atoms with Crippen LogP contribution in [0.4, 0.5) is 0 Å². The van der Waals surface area contributed by atoms with Crippen LogP contribution < -0.4 is 0 Å². The zero-order valence-electron chi connectivity index (χ0n) is 5.65. The predicted octanol–water partition coefficient (Wildman–Crippen LogP) is 0.628. The molecule has 0 saturated heterocycles. The van der Waals surface area contributed by atoms with Gasteiger partial charge in [-0.3, -0.25) is 4.55 Å². The molecule has 10 heavy (non-hydrogen) atoms. The molecule has 0 heterocycles. The van der Waals surface area contributed by atoms with Crippen molar-refractivity contribution in [1.82, 2.24) is 0 Å². The maximum atomic E-state index is 9.95. The van der Waals surface area contributed by atoms with Gasteiger partial charge in [0.1, 0.15) is 0 Å². The summed E-state index contributed by atoms with van der Waals surface area (Å²) in [5.74, 6) is -0.0816. The van der Waals surface area contributed by atoms with Crippen LogP contribution in [0, 0.1) is 5.92 Å². The average molecular weight is 166 g/mol. The second-order valence-corrected chi connectivity index (χ2v) is 3.02. The van der Waals surface area contributed by atoms with Crippen LogP contribution in [0.2, 0.25) is 0 Å². The molecule has 0 aromatic carbocycles. The molecule has 60 valence electrons. The van der Waals surface area contributed by atoms with E-state index >= 15 is 0 Å². The third-order valence-corrected chi connectivity index (χ3v) is 1.32. The van der Waals surface area contributed by atoms with Crippen molar-refractivity contribution in [2.45, 2.75) is 6.92 Å². The Labute approximate surface area is 60.5 Å². The Morgan fingerprint density at radius 1 is 1.80 bits per heavy atom. The number of hydrogen-bond donors (Lipinski definition) is 1. The molecule has 0 aromatic heterocycles. The second-order valence-electron chi connectivity index (χ2n) is 1.93. The van der Waals surface area contributed by atoms with Crippen LogP contribution in [0.25, 0.3) is 0 Å². The van der Waals surface area contributed by atoms with E-state index in [-0.39, 0.29) is 12.5 Å². The molecule has 5 heteroatoms. The highest BCUT2D eigenvalue weighted by molar-refractivity contribution is 7.80. The molecule has 0 fully saturated rings. The van der Waals surface area contributed by atoms with Crippen molar-refractivity contribution in [3.05, 3.63) is 12.7 Å². The van der Waals surface area contributed by atoms with Crippen molar-refractivity contribution >= 4 is 10.4 Å². The summed E-state index contributed by atoms with van der Waals surface area (Å²) < 4.78 is 32.0. The summed E-state index contributed by atoms with van der Waals surface area (Å²) >= 11 is 0.